The molecule has 0 fully saturated rings. The van der Waals surface area contributed by atoms with Crippen LogP contribution in [0.1, 0.15) is 213 Å². The molecule has 1 amide bonds. The minimum absolute atomic E-state index is 0.350. The van der Waals surface area contributed by atoms with Crippen LogP contribution in [-0.2, 0) is 4.79 Å². The molecular formula is C47H87NO5. The third kappa shape index (κ3) is 35.7. The maximum Gasteiger partial charge on any atom is 0.249 e. The summed E-state index contributed by atoms with van der Waals surface area (Å²) >= 11 is 0. The van der Waals surface area contributed by atoms with E-state index in [0.29, 0.717) is 19.3 Å². The van der Waals surface area contributed by atoms with Gasteiger partial charge in [-0.05, 0) is 83.5 Å². The topological polar surface area (TPSA) is 110 Å². The van der Waals surface area contributed by atoms with Crippen LogP contribution in [0.2, 0.25) is 0 Å². The van der Waals surface area contributed by atoms with Crippen LogP contribution in [0.4, 0.5) is 0 Å². The van der Waals surface area contributed by atoms with Crippen molar-refractivity contribution in [2.45, 2.75) is 237 Å². The van der Waals surface area contributed by atoms with Crippen LogP contribution in [0.15, 0.2) is 48.6 Å². The Balaban J connectivity index is 3.79. The van der Waals surface area contributed by atoms with Gasteiger partial charge in [-0.2, -0.15) is 0 Å². The number of aliphatic hydroxyl groups excluding tert-OH is 4. The third-order valence-corrected chi connectivity index (χ3v) is 10.2. The zero-order valence-electron chi connectivity index (χ0n) is 34.8. The fourth-order valence-electron chi connectivity index (χ4n) is 6.59. The molecule has 310 valence electrons. The van der Waals surface area contributed by atoms with E-state index in [9.17, 15) is 25.2 Å². The first-order valence-corrected chi connectivity index (χ1v) is 22.5. The molecule has 0 aliphatic carbocycles. The largest absolute Gasteiger partial charge is 0.394 e. The molecule has 4 atom stereocenters. The molecule has 6 heteroatoms. The lowest BCUT2D eigenvalue weighted by molar-refractivity contribution is -0.132. The summed E-state index contributed by atoms with van der Waals surface area (Å²) in [5.41, 5.74) is 0. The van der Waals surface area contributed by atoms with Crippen molar-refractivity contribution < 1.29 is 25.2 Å². The summed E-state index contributed by atoms with van der Waals surface area (Å²) < 4.78 is 0. The van der Waals surface area contributed by atoms with E-state index in [1.165, 1.54) is 116 Å². The van der Waals surface area contributed by atoms with Gasteiger partial charge in [0.15, 0.2) is 0 Å². The van der Waals surface area contributed by atoms with Crippen molar-refractivity contribution in [3.63, 3.8) is 0 Å². The van der Waals surface area contributed by atoms with Gasteiger partial charge in [-0.15, -0.1) is 0 Å². The minimum atomic E-state index is -1.30. The molecule has 0 radical (unpaired) electrons. The van der Waals surface area contributed by atoms with Gasteiger partial charge in [-0.25, -0.2) is 0 Å². The van der Waals surface area contributed by atoms with E-state index < -0.39 is 36.9 Å². The fraction of sp³-hybridized carbons (Fsp3) is 0.809. The van der Waals surface area contributed by atoms with E-state index in [4.69, 9.17) is 0 Å². The SMILES string of the molecule is CCCC/C=C/CC/C=C/CC/C=C/CCCC(O)C(O)C(CO)NC(=O)C(O)CCCCCCCC/C=C\CCCCCCCCCCCCCC. The molecule has 0 spiro atoms. The standard InChI is InChI=1S/C47H87NO5/c1-3-5-7-9-11-13-15-17-19-20-21-22-23-24-25-27-29-31-33-35-37-39-41-45(51)47(53)48-43(42-49)46(52)44(50)40-38-36-34-32-30-28-26-18-16-14-12-10-8-6-4-2/h10,12,18,24-26,32,34,43-46,49-52H,3-9,11,13-17,19-23,27-31,33,35-42H2,1-2H3,(H,48,53)/b12-10+,25-24-,26-18+,34-32+. The van der Waals surface area contributed by atoms with E-state index in [0.717, 1.165) is 64.2 Å². The molecule has 53 heavy (non-hydrogen) atoms. The van der Waals surface area contributed by atoms with Gasteiger partial charge in [0, 0.05) is 0 Å². The Bertz CT molecular complexity index is 884. The first-order valence-electron chi connectivity index (χ1n) is 22.5. The minimum Gasteiger partial charge on any atom is -0.394 e. The van der Waals surface area contributed by atoms with Gasteiger partial charge in [-0.3, -0.25) is 4.79 Å². The Labute approximate surface area is 328 Å². The van der Waals surface area contributed by atoms with Crippen LogP contribution in [-0.4, -0.2) is 57.3 Å². The van der Waals surface area contributed by atoms with Gasteiger partial charge in [0.25, 0.3) is 0 Å². The molecule has 0 saturated carbocycles. The maximum atomic E-state index is 12.5. The number of hydrogen-bond acceptors (Lipinski definition) is 5. The van der Waals surface area contributed by atoms with Gasteiger partial charge in [0.2, 0.25) is 5.91 Å². The molecule has 0 heterocycles. The number of carbonyl (C=O) groups is 1. The summed E-state index contributed by atoms with van der Waals surface area (Å²) in [5, 5.41) is 43.6. The number of carbonyl (C=O) groups excluding carboxylic acids is 1. The van der Waals surface area contributed by atoms with Gasteiger partial charge in [0.05, 0.1) is 18.8 Å². The van der Waals surface area contributed by atoms with E-state index in [1.54, 1.807) is 0 Å². The molecule has 0 aromatic rings. The molecule has 0 aromatic heterocycles. The zero-order chi connectivity index (χ0) is 38.9. The number of allylic oxidation sites excluding steroid dienone is 8. The molecule has 4 unspecified atom stereocenters. The number of nitrogens with one attached hydrogen (secondary N) is 1. The zero-order valence-corrected chi connectivity index (χ0v) is 34.8. The van der Waals surface area contributed by atoms with E-state index >= 15 is 0 Å². The summed E-state index contributed by atoms with van der Waals surface area (Å²) in [6.07, 6.45) is 50.0. The number of amides is 1. The van der Waals surface area contributed by atoms with Crippen molar-refractivity contribution in [3.8, 4) is 0 Å². The molecule has 0 bridgehead atoms. The third-order valence-electron chi connectivity index (χ3n) is 10.2. The first kappa shape index (κ1) is 51.3. The lowest BCUT2D eigenvalue weighted by atomic mass is 10.00. The summed E-state index contributed by atoms with van der Waals surface area (Å²) in [5.74, 6) is -0.606. The highest BCUT2D eigenvalue weighted by molar-refractivity contribution is 5.80. The number of hydrogen-bond donors (Lipinski definition) is 5. The predicted octanol–water partition coefficient (Wildman–Crippen LogP) is 11.9. The van der Waals surface area contributed by atoms with Gasteiger partial charge < -0.3 is 25.7 Å². The van der Waals surface area contributed by atoms with E-state index in [-0.39, 0.29) is 0 Å². The Morgan fingerprint density at radius 3 is 1.25 bits per heavy atom. The van der Waals surface area contributed by atoms with Crippen LogP contribution < -0.4 is 5.32 Å². The Morgan fingerprint density at radius 1 is 0.453 bits per heavy atom. The monoisotopic (exact) mass is 746 g/mol. The highest BCUT2D eigenvalue weighted by Crippen LogP contribution is 2.15. The normalized spacial score (nSPS) is 14.6. The molecule has 0 aliphatic heterocycles. The quantitative estimate of drug-likeness (QED) is 0.0317. The number of aliphatic hydroxyl groups is 4. The second-order valence-corrected chi connectivity index (χ2v) is 15.4. The van der Waals surface area contributed by atoms with Crippen molar-refractivity contribution >= 4 is 5.91 Å². The second-order valence-electron chi connectivity index (χ2n) is 15.4. The van der Waals surface area contributed by atoms with Crippen LogP contribution in [0.25, 0.3) is 0 Å². The van der Waals surface area contributed by atoms with Crippen molar-refractivity contribution in [2.24, 2.45) is 0 Å². The smallest absolute Gasteiger partial charge is 0.249 e. The van der Waals surface area contributed by atoms with Crippen molar-refractivity contribution in [2.75, 3.05) is 6.61 Å². The number of rotatable bonds is 40. The average Bonchev–Trinajstić information content (AvgIpc) is 3.16. The highest BCUT2D eigenvalue weighted by atomic mass is 16.3. The average molecular weight is 746 g/mol. The van der Waals surface area contributed by atoms with Gasteiger partial charge >= 0.3 is 0 Å². The Hall–Kier alpha value is -1.73. The highest BCUT2D eigenvalue weighted by Gasteiger charge is 2.28. The molecule has 0 rings (SSSR count). The lowest BCUT2D eigenvalue weighted by Crippen LogP contribution is -2.53. The van der Waals surface area contributed by atoms with Gasteiger partial charge in [-0.1, -0.05) is 178 Å². The van der Waals surface area contributed by atoms with Crippen LogP contribution >= 0.6 is 0 Å². The van der Waals surface area contributed by atoms with Crippen molar-refractivity contribution in [3.05, 3.63) is 48.6 Å². The summed E-state index contributed by atoms with van der Waals surface area (Å²) in [4.78, 5) is 12.5. The second kappa shape index (κ2) is 41.4. The maximum absolute atomic E-state index is 12.5. The summed E-state index contributed by atoms with van der Waals surface area (Å²) in [6, 6.07) is -1.01. The number of unbranched alkanes of at least 4 members (excludes halogenated alkanes) is 23. The first-order chi connectivity index (χ1) is 26.0. The molecule has 5 N–H and O–H groups in total. The Kier molecular flexibility index (Phi) is 40.1. The molecular weight excluding hydrogens is 659 g/mol. The van der Waals surface area contributed by atoms with Gasteiger partial charge in [0.1, 0.15) is 12.2 Å². The van der Waals surface area contributed by atoms with Crippen molar-refractivity contribution in [1.29, 1.82) is 0 Å². The van der Waals surface area contributed by atoms with Crippen molar-refractivity contribution in [1.82, 2.24) is 5.32 Å². The van der Waals surface area contributed by atoms with Crippen LogP contribution in [0.3, 0.4) is 0 Å². The lowest BCUT2D eigenvalue weighted by Gasteiger charge is -2.27. The summed E-state index contributed by atoms with van der Waals surface area (Å²) in [6.45, 7) is 3.99. The molecule has 6 nitrogen and oxygen atoms in total. The van der Waals surface area contributed by atoms with E-state index in [2.05, 4.69) is 67.8 Å². The molecule has 0 aliphatic rings. The van der Waals surface area contributed by atoms with Crippen LogP contribution in [0, 0.1) is 0 Å². The van der Waals surface area contributed by atoms with Crippen LogP contribution in [0.5, 0.6) is 0 Å². The van der Waals surface area contributed by atoms with E-state index in [1.807, 2.05) is 0 Å². The summed E-state index contributed by atoms with van der Waals surface area (Å²) in [7, 11) is 0. The predicted molar refractivity (Wildman–Crippen MR) is 228 cm³/mol. The molecule has 0 saturated heterocycles. The Morgan fingerprint density at radius 2 is 0.811 bits per heavy atom. The fourth-order valence-corrected chi connectivity index (χ4v) is 6.59. The molecule has 0 aromatic carbocycles.